The molecule has 0 unspecified atom stereocenters. The normalized spacial score (nSPS) is 6.67. The van der Waals surface area contributed by atoms with E-state index in [0.717, 1.165) is 0 Å². The average Bonchev–Trinajstić information content (AvgIpc) is 1.65. The van der Waals surface area contributed by atoms with Crippen LogP contribution in [0.1, 0.15) is 13.8 Å². The predicted octanol–water partition coefficient (Wildman–Crippen LogP) is 2.11. The molecule has 0 heterocycles. The van der Waals surface area contributed by atoms with Crippen LogP contribution in [0.4, 0.5) is 4.79 Å². The summed E-state index contributed by atoms with van der Waals surface area (Å²) >= 11 is 8.82. The van der Waals surface area contributed by atoms with Crippen molar-refractivity contribution in [1.29, 1.82) is 0 Å². The molecule has 0 saturated carbocycles. The maximum absolute atomic E-state index is 9.44. The highest BCUT2D eigenvalue weighted by atomic mass is 35.5. The molecule has 0 radical (unpaired) electrons. The first kappa shape index (κ1) is 11.5. The largest absolute Gasteiger partial charge is 0.421 e. The molecule has 0 aromatic heterocycles. The van der Waals surface area contributed by atoms with Gasteiger partial charge in [-0.3, -0.25) is 0 Å². The van der Waals surface area contributed by atoms with Crippen LogP contribution in [0.15, 0.2) is 0 Å². The molecule has 5 heteroatoms. The second-order valence-corrected chi connectivity index (χ2v) is 1.69. The van der Waals surface area contributed by atoms with Crippen LogP contribution in [0, 0.1) is 0 Å². The zero-order valence-electron chi connectivity index (χ0n) is 4.98. The number of carbonyl (C=O) groups is 2. The Labute approximate surface area is 63.1 Å². The molecule has 0 rings (SSSR count). The highest BCUT2D eigenvalue weighted by Crippen LogP contribution is 1.87. The summed E-state index contributed by atoms with van der Waals surface area (Å²) < 4.78 is 3.35. The third kappa shape index (κ3) is 85.4. The van der Waals surface area contributed by atoms with Gasteiger partial charge in [-0.15, -0.1) is 0 Å². The number of hydrogen-bond donors (Lipinski definition) is 0. The molecule has 0 aliphatic heterocycles. The van der Waals surface area contributed by atoms with E-state index in [9.17, 15) is 9.59 Å². The lowest BCUT2D eigenvalue weighted by molar-refractivity contribution is -0.114. The van der Waals surface area contributed by atoms with Gasteiger partial charge >= 0.3 is 5.43 Å². The second-order valence-electron chi connectivity index (χ2n) is 1.22. The van der Waals surface area contributed by atoms with Crippen molar-refractivity contribution in [3.8, 4) is 0 Å². The van der Waals surface area contributed by atoms with Gasteiger partial charge in [0.15, 0.2) is 0 Å². The van der Waals surface area contributed by atoms with Gasteiger partial charge in [0.1, 0.15) is 17.6 Å². The Hall–Kier alpha value is -0.280. The lowest BCUT2D eigenvalue weighted by Gasteiger charge is -1.71. The Kier molecular flexibility index (Phi) is 9.87. The molecular formula is C4H6Cl2O3. The van der Waals surface area contributed by atoms with Gasteiger partial charge in [0.25, 0.3) is 0 Å². The molecule has 0 N–H and O–H groups in total. The van der Waals surface area contributed by atoms with E-state index < -0.39 is 5.43 Å². The highest BCUT2D eigenvalue weighted by molar-refractivity contribution is 6.62. The standard InChI is InChI=1S/C3H6O.CCl2O2/c1-3(2)4;2-1(4)5-3/h1-2H3;. The topological polar surface area (TPSA) is 43.4 Å². The van der Waals surface area contributed by atoms with Crippen LogP contribution in [0.25, 0.3) is 0 Å². The minimum Gasteiger partial charge on any atom is -0.334 e. The molecule has 0 amide bonds. The summed E-state index contributed by atoms with van der Waals surface area (Å²) in [5.41, 5.74) is -1.01. The highest BCUT2D eigenvalue weighted by Gasteiger charge is 1.84. The molecule has 0 saturated heterocycles. The Morgan fingerprint density at radius 3 is 1.44 bits per heavy atom. The van der Waals surface area contributed by atoms with Gasteiger partial charge in [0.05, 0.1) is 0 Å². The summed E-state index contributed by atoms with van der Waals surface area (Å²) in [6, 6.07) is 0. The van der Waals surface area contributed by atoms with Crippen molar-refractivity contribution in [3.05, 3.63) is 0 Å². The molecule has 0 atom stereocenters. The van der Waals surface area contributed by atoms with Gasteiger partial charge in [-0.2, -0.15) is 0 Å². The number of ketones is 1. The zero-order chi connectivity index (χ0) is 7.86. The molecule has 0 spiro atoms. The lowest BCUT2D eigenvalue weighted by atomic mass is 10.6. The summed E-state index contributed by atoms with van der Waals surface area (Å²) in [6.07, 6.45) is 0. The zero-order valence-corrected chi connectivity index (χ0v) is 6.49. The molecule has 0 aromatic rings. The fourth-order valence-corrected chi connectivity index (χ4v) is 0. The van der Waals surface area contributed by atoms with Gasteiger partial charge in [0.2, 0.25) is 0 Å². The van der Waals surface area contributed by atoms with Gasteiger partial charge in [-0.25, -0.2) is 4.79 Å². The summed E-state index contributed by atoms with van der Waals surface area (Å²) in [7, 11) is 0. The third-order valence-electron chi connectivity index (χ3n) is 0.0607. The van der Waals surface area contributed by atoms with Crippen molar-refractivity contribution in [2.24, 2.45) is 0 Å². The average molecular weight is 173 g/mol. The van der Waals surface area contributed by atoms with Crippen molar-refractivity contribution in [3.63, 3.8) is 0 Å². The van der Waals surface area contributed by atoms with Gasteiger partial charge in [-0.1, -0.05) is 0 Å². The van der Waals surface area contributed by atoms with Crippen molar-refractivity contribution in [1.82, 2.24) is 0 Å². The van der Waals surface area contributed by atoms with Gasteiger partial charge in [-0.05, 0) is 13.8 Å². The molecule has 3 nitrogen and oxygen atoms in total. The maximum Gasteiger partial charge on any atom is 0.421 e. The maximum atomic E-state index is 9.44. The van der Waals surface area contributed by atoms with Crippen molar-refractivity contribution >= 4 is 34.7 Å². The molecular weight excluding hydrogens is 167 g/mol. The summed E-state index contributed by atoms with van der Waals surface area (Å²) in [5.74, 6) is 0.167. The molecule has 0 bridgehead atoms. The fourth-order valence-electron chi connectivity index (χ4n) is 0. The first-order valence-corrected chi connectivity index (χ1v) is 2.64. The second kappa shape index (κ2) is 7.72. The van der Waals surface area contributed by atoms with Crippen LogP contribution in [0.2, 0.25) is 0 Å². The molecule has 0 aromatic carbocycles. The minimum absolute atomic E-state index is 0.167. The van der Waals surface area contributed by atoms with Crippen LogP contribution in [-0.2, 0) is 9.08 Å². The molecule has 54 valence electrons. The Bertz CT molecular complexity index is 98.0. The van der Waals surface area contributed by atoms with E-state index in [2.05, 4.69) is 27.8 Å². The van der Waals surface area contributed by atoms with E-state index in [4.69, 9.17) is 0 Å². The predicted molar refractivity (Wildman–Crippen MR) is 34.5 cm³/mol. The summed E-state index contributed by atoms with van der Waals surface area (Å²) in [4.78, 5) is 18.7. The van der Waals surface area contributed by atoms with E-state index >= 15 is 0 Å². The molecule has 0 aliphatic carbocycles. The Morgan fingerprint density at radius 2 is 1.44 bits per heavy atom. The van der Waals surface area contributed by atoms with Gasteiger partial charge in [0, 0.05) is 11.6 Å². The van der Waals surface area contributed by atoms with E-state index in [-0.39, 0.29) is 5.78 Å². The molecule has 0 aliphatic rings. The van der Waals surface area contributed by atoms with Crippen molar-refractivity contribution in [2.75, 3.05) is 0 Å². The van der Waals surface area contributed by atoms with Crippen LogP contribution in [-0.4, -0.2) is 11.2 Å². The minimum atomic E-state index is -1.01. The Balaban J connectivity index is 0. The van der Waals surface area contributed by atoms with Crippen LogP contribution in [0.3, 0.4) is 0 Å². The summed E-state index contributed by atoms with van der Waals surface area (Å²) in [6.45, 7) is 3.06. The van der Waals surface area contributed by atoms with E-state index in [1.165, 1.54) is 13.8 Å². The summed E-state index contributed by atoms with van der Waals surface area (Å²) in [5, 5.41) is 0. The first-order chi connectivity index (χ1) is 4.00. The van der Waals surface area contributed by atoms with Crippen LogP contribution < -0.4 is 0 Å². The molecule has 9 heavy (non-hydrogen) atoms. The SMILES string of the molecule is CC(C)=O.O=C(Cl)OCl. The van der Waals surface area contributed by atoms with Gasteiger partial charge < -0.3 is 9.08 Å². The van der Waals surface area contributed by atoms with Crippen LogP contribution >= 0.6 is 23.5 Å². The number of halogens is 2. The number of hydrogen-bond acceptors (Lipinski definition) is 3. The fraction of sp³-hybridized carbons (Fsp3) is 0.500. The third-order valence-corrected chi connectivity index (χ3v) is 0.357. The quantitative estimate of drug-likeness (QED) is 0.526. The van der Waals surface area contributed by atoms with E-state index in [1.54, 1.807) is 0 Å². The van der Waals surface area contributed by atoms with E-state index in [0.29, 0.717) is 0 Å². The smallest absolute Gasteiger partial charge is 0.334 e. The van der Waals surface area contributed by atoms with Crippen LogP contribution in [0.5, 0.6) is 0 Å². The van der Waals surface area contributed by atoms with Crippen molar-refractivity contribution < 1.29 is 13.9 Å². The Morgan fingerprint density at radius 1 is 1.33 bits per heavy atom. The first-order valence-electron chi connectivity index (χ1n) is 1.96. The number of carbonyl (C=O) groups excluding carboxylic acids is 2. The number of Topliss-reactive ketones (excluding diaryl/α,β-unsaturated/α-hetero) is 1. The van der Waals surface area contributed by atoms with Crippen molar-refractivity contribution in [2.45, 2.75) is 13.8 Å². The van der Waals surface area contributed by atoms with E-state index in [1.807, 2.05) is 0 Å². The lowest BCUT2D eigenvalue weighted by Crippen LogP contribution is -1.72. The molecule has 0 fully saturated rings. The number of rotatable bonds is 0. The monoisotopic (exact) mass is 172 g/mol.